The summed E-state index contributed by atoms with van der Waals surface area (Å²) in [6.45, 7) is 3.23. The molecule has 0 saturated carbocycles. The molecule has 0 bridgehead atoms. The molecule has 0 fully saturated rings. The van der Waals surface area contributed by atoms with Crippen LogP contribution in [0.1, 0.15) is 23.7 Å². The predicted octanol–water partition coefficient (Wildman–Crippen LogP) is 3.38. The standard InChI is InChI=1S/C13H13BrFNO/c1-9-4-3-7-16(8-9)13(17)10-5-2-6-11(14)12(10)15/h2,4-6H,3,7-8H2,1H3. The minimum atomic E-state index is -0.482. The fraction of sp³-hybridized carbons (Fsp3) is 0.308. The molecule has 1 aliphatic rings. The molecule has 0 atom stereocenters. The maximum atomic E-state index is 13.8. The van der Waals surface area contributed by atoms with E-state index in [1.165, 1.54) is 6.07 Å². The summed E-state index contributed by atoms with van der Waals surface area (Å²) in [6, 6.07) is 4.79. The molecule has 1 heterocycles. The highest BCUT2D eigenvalue weighted by Gasteiger charge is 2.21. The molecule has 0 N–H and O–H groups in total. The summed E-state index contributed by atoms with van der Waals surface area (Å²) in [5, 5.41) is 0. The summed E-state index contributed by atoms with van der Waals surface area (Å²) in [5.41, 5.74) is 1.29. The molecule has 4 heteroatoms. The molecule has 0 unspecified atom stereocenters. The number of amides is 1. The Morgan fingerprint density at radius 1 is 1.47 bits per heavy atom. The van der Waals surface area contributed by atoms with Crippen molar-refractivity contribution in [2.45, 2.75) is 13.3 Å². The fourth-order valence-corrected chi connectivity index (χ4v) is 2.29. The van der Waals surface area contributed by atoms with Crippen LogP contribution in [-0.2, 0) is 0 Å². The third-order valence-electron chi connectivity index (χ3n) is 2.80. The zero-order chi connectivity index (χ0) is 12.4. The van der Waals surface area contributed by atoms with Crippen molar-refractivity contribution in [2.75, 3.05) is 13.1 Å². The number of nitrogens with zero attached hydrogens (tertiary/aromatic N) is 1. The van der Waals surface area contributed by atoms with E-state index in [4.69, 9.17) is 0 Å². The van der Waals surface area contributed by atoms with E-state index >= 15 is 0 Å². The molecule has 0 radical (unpaired) electrons. The Labute approximate surface area is 108 Å². The molecule has 17 heavy (non-hydrogen) atoms. The van der Waals surface area contributed by atoms with Crippen molar-refractivity contribution in [1.82, 2.24) is 4.90 Å². The molecular formula is C13H13BrFNO. The maximum Gasteiger partial charge on any atom is 0.257 e. The molecule has 0 aliphatic carbocycles. The van der Waals surface area contributed by atoms with E-state index in [1.807, 2.05) is 6.92 Å². The van der Waals surface area contributed by atoms with E-state index < -0.39 is 5.82 Å². The summed E-state index contributed by atoms with van der Waals surface area (Å²) in [7, 11) is 0. The monoisotopic (exact) mass is 297 g/mol. The van der Waals surface area contributed by atoms with Crippen molar-refractivity contribution in [3.63, 3.8) is 0 Å². The first-order chi connectivity index (χ1) is 8.09. The van der Waals surface area contributed by atoms with Crippen molar-refractivity contribution >= 4 is 21.8 Å². The summed E-state index contributed by atoms with van der Waals surface area (Å²) in [4.78, 5) is 13.8. The summed E-state index contributed by atoms with van der Waals surface area (Å²) in [6.07, 6.45) is 2.95. The van der Waals surface area contributed by atoms with Gasteiger partial charge in [0, 0.05) is 13.1 Å². The van der Waals surface area contributed by atoms with Crippen molar-refractivity contribution in [3.05, 3.63) is 45.7 Å². The molecule has 1 aromatic carbocycles. The Bertz CT molecular complexity index is 484. The van der Waals surface area contributed by atoms with E-state index in [9.17, 15) is 9.18 Å². The van der Waals surface area contributed by atoms with Crippen LogP contribution < -0.4 is 0 Å². The molecule has 90 valence electrons. The normalized spacial score (nSPS) is 15.7. The van der Waals surface area contributed by atoms with Gasteiger partial charge in [-0.1, -0.05) is 17.7 Å². The number of carbonyl (C=O) groups is 1. The van der Waals surface area contributed by atoms with Gasteiger partial charge in [-0.05, 0) is 41.4 Å². The molecule has 0 spiro atoms. The largest absolute Gasteiger partial charge is 0.334 e. The van der Waals surface area contributed by atoms with Gasteiger partial charge in [-0.3, -0.25) is 4.79 Å². The SMILES string of the molecule is CC1=CCCN(C(=O)c2cccc(Br)c2F)C1. The second kappa shape index (κ2) is 5.00. The summed E-state index contributed by atoms with van der Waals surface area (Å²) in [5.74, 6) is -0.721. The molecule has 2 rings (SSSR count). The second-order valence-electron chi connectivity index (χ2n) is 4.17. The van der Waals surface area contributed by atoms with Crippen LogP contribution in [0.4, 0.5) is 4.39 Å². The Hall–Kier alpha value is -1.16. The van der Waals surface area contributed by atoms with Crippen LogP contribution in [0.5, 0.6) is 0 Å². The van der Waals surface area contributed by atoms with E-state index in [2.05, 4.69) is 22.0 Å². The van der Waals surface area contributed by atoms with Crippen LogP contribution in [-0.4, -0.2) is 23.9 Å². The Morgan fingerprint density at radius 3 is 2.94 bits per heavy atom. The highest BCUT2D eigenvalue weighted by atomic mass is 79.9. The van der Waals surface area contributed by atoms with Crippen LogP contribution in [0.25, 0.3) is 0 Å². The highest BCUT2D eigenvalue weighted by Crippen LogP contribution is 2.21. The number of hydrogen-bond donors (Lipinski definition) is 0. The average Bonchev–Trinajstić information content (AvgIpc) is 2.32. The van der Waals surface area contributed by atoms with Crippen molar-refractivity contribution in [2.24, 2.45) is 0 Å². The molecule has 0 aromatic heterocycles. The fourth-order valence-electron chi connectivity index (χ4n) is 1.92. The Kier molecular flexibility index (Phi) is 3.62. The van der Waals surface area contributed by atoms with Crippen LogP contribution in [0, 0.1) is 5.82 Å². The maximum absolute atomic E-state index is 13.8. The van der Waals surface area contributed by atoms with Gasteiger partial charge < -0.3 is 4.90 Å². The minimum absolute atomic E-state index is 0.133. The lowest BCUT2D eigenvalue weighted by Gasteiger charge is -2.26. The van der Waals surface area contributed by atoms with Crippen LogP contribution in [0.3, 0.4) is 0 Å². The summed E-state index contributed by atoms with van der Waals surface area (Å²) >= 11 is 3.09. The number of benzene rings is 1. The minimum Gasteiger partial charge on any atom is -0.334 e. The average molecular weight is 298 g/mol. The predicted molar refractivity (Wildman–Crippen MR) is 68.4 cm³/mol. The van der Waals surface area contributed by atoms with Gasteiger partial charge in [-0.25, -0.2) is 4.39 Å². The van der Waals surface area contributed by atoms with E-state index in [0.717, 1.165) is 12.0 Å². The lowest BCUT2D eigenvalue weighted by Crippen LogP contribution is -2.35. The molecular weight excluding hydrogens is 285 g/mol. The van der Waals surface area contributed by atoms with E-state index in [1.54, 1.807) is 17.0 Å². The quantitative estimate of drug-likeness (QED) is 0.728. The number of halogens is 2. The first-order valence-electron chi connectivity index (χ1n) is 5.48. The highest BCUT2D eigenvalue weighted by molar-refractivity contribution is 9.10. The molecule has 0 saturated heterocycles. The number of hydrogen-bond acceptors (Lipinski definition) is 1. The second-order valence-corrected chi connectivity index (χ2v) is 5.02. The van der Waals surface area contributed by atoms with Gasteiger partial charge in [0.25, 0.3) is 5.91 Å². The molecule has 1 aromatic rings. The number of rotatable bonds is 1. The van der Waals surface area contributed by atoms with Crippen LogP contribution in [0.15, 0.2) is 34.3 Å². The lowest BCUT2D eigenvalue weighted by atomic mass is 10.1. The smallest absolute Gasteiger partial charge is 0.257 e. The van der Waals surface area contributed by atoms with Gasteiger partial charge in [0.1, 0.15) is 5.82 Å². The third kappa shape index (κ3) is 2.57. The van der Waals surface area contributed by atoms with E-state index in [0.29, 0.717) is 17.6 Å². The van der Waals surface area contributed by atoms with Crippen LogP contribution in [0.2, 0.25) is 0 Å². The van der Waals surface area contributed by atoms with Gasteiger partial charge >= 0.3 is 0 Å². The first-order valence-corrected chi connectivity index (χ1v) is 6.28. The third-order valence-corrected chi connectivity index (χ3v) is 3.41. The van der Waals surface area contributed by atoms with Crippen molar-refractivity contribution in [3.8, 4) is 0 Å². The topological polar surface area (TPSA) is 20.3 Å². The van der Waals surface area contributed by atoms with Crippen molar-refractivity contribution < 1.29 is 9.18 Å². The molecule has 2 nitrogen and oxygen atoms in total. The van der Waals surface area contributed by atoms with E-state index in [-0.39, 0.29) is 11.5 Å². The van der Waals surface area contributed by atoms with Gasteiger partial charge in [-0.15, -0.1) is 0 Å². The zero-order valence-corrected chi connectivity index (χ0v) is 11.1. The molecule has 1 aliphatic heterocycles. The molecule has 1 amide bonds. The summed E-state index contributed by atoms with van der Waals surface area (Å²) < 4.78 is 14.1. The van der Waals surface area contributed by atoms with Gasteiger partial charge in [0.15, 0.2) is 0 Å². The van der Waals surface area contributed by atoms with Gasteiger partial charge in [-0.2, -0.15) is 0 Å². The zero-order valence-electron chi connectivity index (χ0n) is 9.54. The van der Waals surface area contributed by atoms with Crippen LogP contribution >= 0.6 is 15.9 Å². The van der Waals surface area contributed by atoms with Gasteiger partial charge in [0.2, 0.25) is 0 Å². The van der Waals surface area contributed by atoms with Gasteiger partial charge in [0.05, 0.1) is 10.0 Å². The lowest BCUT2D eigenvalue weighted by molar-refractivity contribution is 0.0761. The first kappa shape index (κ1) is 12.3. The van der Waals surface area contributed by atoms with Crippen molar-refractivity contribution in [1.29, 1.82) is 0 Å². The Balaban J connectivity index is 2.26. The Morgan fingerprint density at radius 2 is 2.24 bits per heavy atom. The number of carbonyl (C=O) groups excluding carboxylic acids is 1.